The highest BCUT2D eigenvalue weighted by Gasteiger charge is 2.08. The number of unbranched alkanes of at least 4 members (excludes halogenated alkanes) is 1. The fraction of sp³-hybridized carbons (Fsp3) is 0.727. The third-order valence-electron chi connectivity index (χ3n) is 1.71. The molecule has 0 spiro atoms. The number of aliphatic hydroxyl groups is 1. The number of hydrogen-bond donors (Lipinski definition) is 1. The highest BCUT2D eigenvalue weighted by Crippen LogP contribution is 2.07. The van der Waals surface area contributed by atoms with Gasteiger partial charge in [0, 0.05) is 11.3 Å². The van der Waals surface area contributed by atoms with Gasteiger partial charge in [0.05, 0.1) is 6.10 Å². The van der Waals surface area contributed by atoms with Gasteiger partial charge in [-0.05, 0) is 19.1 Å². The van der Waals surface area contributed by atoms with Crippen molar-refractivity contribution >= 4 is 17.7 Å². The van der Waals surface area contributed by atoms with Crippen molar-refractivity contribution in [2.75, 3.05) is 18.1 Å². The molecule has 0 aliphatic heterocycles. The maximum Gasteiger partial charge on any atom is 0.333 e. The molecule has 0 aromatic rings. The predicted octanol–water partition coefficient (Wildman–Crippen LogP) is 2.00. The summed E-state index contributed by atoms with van der Waals surface area (Å²) in [5, 5.41) is 9.45. The zero-order valence-electron chi connectivity index (χ0n) is 9.49. The van der Waals surface area contributed by atoms with Gasteiger partial charge in [0.1, 0.15) is 6.61 Å². The summed E-state index contributed by atoms with van der Waals surface area (Å²) in [4.78, 5) is 11.0. The minimum Gasteiger partial charge on any atom is -0.460 e. The van der Waals surface area contributed by atoms with Crippen molar-refractivity contribution < 1.29 is 14.6 Å². The van der Waals surface area contributed by atoms with Crippen LogP contribution in [0.25, 0.3) is 0 Å². The average Bonchev–Trinajstić information content (AvgIpc) is 2.20. The Morgan fingerprint density at radius 3 is 2.80 bits per heavy atom. The van der Waals surface area contributed by atoms with Gasteiger partial charge in [-0.25, -0.2) is 4.79 Å². The molecule has 0 aromatic heterocycles. The highest BCUT2D eigenvalue weighted by molar-refractivity contribution is 7.99. The summed E-state index contributed by atoms with van der Waals surface area (Å²) in [5.74, 6) is 1.22. The summed E-state index contributed by atoms with van der Waals surface area (Å²) in [6, 6.07) is 0. The van der Waals surface area contributed by atoms with Crippen LogP contribution in [0.5, 0.6) is 0 Å². The summed E-state index contributed by atoms with van der Waals surface area (Å²) in [7, 11) is 0. The second-order valence-electron chi connectivity index (χ2n) is 3.46. The van der Waals surface area contributed by atoms with Crippen molar-refractivity contribution in [2.24, 2.45) is 0 Å². The van der Waals surface area contributed by atoms with Gasteiger partial charge in [-0.15, -0.1) is 0 Å². The van der Waals surface area contributed by atoms with Crippen molar-refractivity contribution in [1.82, 2.24) is 0 Å². The zero-order valence-corrected chi connectivity index (χ0v) is 10.3. The molecule has 0 aliphatic rings. The van der Waals surface area contributed by atoms with Gasteiger partial charge < -0.3 is 9.84 Å². The number of rotatable bonds is 8. The van der Waals surface area contributed by atoms with Crippen LogP contribution < -0.4 is 0 Å². The molecule has 4 heteroatoms. The van der Waals surface area contributed by atoms with Crippen LogP contribution in [0.3, 0.4) is 0 Å². The van der Waals surface area contributed by atoms with Crippen LogP contribution >= 0.6 is 11.8 Å². The van der Waals surface area contributed by atoms with E-state index in [-0.39, 0.29) is 6.61 Å². The van der Waals surface area contributed by atoms with Crippen LogP contribution in [0.2, 0.25) is 0 Å². The van der Waals surface area contributed by atoms with E-state index in [0.717, 1.165) is 18.6 Å². The molecular weight excluding hydrogens is 212 g/mol. The highest BCUT2D eigenvalue weighted by atomic mass is 32.2. The van der Waals surface area contributed by atoms with Crippen molar-refractivity contribution in [2.45, 2.75) is 32.8 Å². The number of carbonyl (C=O) groups excluding carboxylic acids is 1. The lowest BCUT2D eigenvalue weighted by atomic mass is 10.3. The number of thioether (sulfide) groups is 1. The Morgan fingerprint density at radius 1 is 1.60 bits per heavy atom. The predicted molar refractivity (Wildman–Crippen MR) is 64.0 cm³/mol. The van der Waals surface area contributed by atoms with E-state index < -0.39 is 12.1 Å². The second kappa shape index (κ2) is 8.80. The van der Waals surface area contributed by atoms with E-state index in [1.54, 1.807) is 18.7 Å². The average molecular weight is 232 g/mol. The maximum absolute atomic E-state index is 11.0. The van der Waals surface area contributed by atoms with Crippen LogP contribution in [0.1, 0.15) is 26.7 Å². The summed E-state index contributed by atoms with van der Waals surface area (Å²) < 4.78 is 4.82. The lowest BCUT2D eigenvalue weighted by Crippen LogP contribution is -2.21. The van der Waals surface area contributed by atoms with Gasteiger partial charge in [0.15, 0.2) is 0 Å². The van der Waals surface area contributed by atoms with Crippen molar-refractivity contribution in [3.63, 3.8) is 0 Å². The van der Waals surface area contributed by atoms with Gasteiger partial charge >= 0.3 is 5.97 Å². The Labute approximate surface area is 95.9 Å². The first-order chi connectivity index (χ1) is 7.07. The summed E-state index contributed by atoms with van der Waals surface area (Å²) >= 11 is 1.68. The number of hydrogen-bond acceptors (Lipinski definition) is 4. The molecular formula is C11H20O3S. The van der Waals surface area contributed by atoms with E-state index in [4.69, 9.17) is 4.74 Å². The van der Waals surface area contributed by atoms with Crippen LogP contribution in [0.15, 0.2) is 12.2 Å². The first-order valence-electron chi connectivity index (χ1n) is 5.16. The SMILES string of the molecule is C=C(C)C(=O)OCC(O)CSCCCC. The van der Waals surface area contributed by atoms with Crippen LogP contribution in [-0.2, 0) is 9.53 Å². The molecule has 0 aliphatic carbocycles. The minimum atomic E-state index is -0.574. The van der Waals surface area contributed by atoms with E-state index in [1.807, 2.05) is 0 Å². The monoisotopic (exact) mass is 232 g/mol. The molecule has 1 unspecified atom stereocenters. The fourth-order valence-electron chi connectivity index (χ4n) is 0.809. The van der Waals surface area contributed by atoms with Crippen LogP contribution in [0, 0.1) is 0 Å². The molecule has 0 saturated carbocycles. The standard InChI is InChI=1S/C11H20O3S/c1-4-5-6-15-8-10(12)7-14-11(13)9(2)3/h10,12H,2,4-8H2,1,3H3. The number of aliphatic hydroxyl groups excluding tert-OH is 1. The van der Waals surface area contributed by atoms with Gasteiger partial charge in [0.25, 0.3) is 0 Å². The lowest BCUT2D eigenvalue weighted by molar-refractivity contribution is -0.141. The molecule has 15 heavy (non-hydrogen) atoms. The Morgan fingerprint density at radius 2 is 2.27 bits per heavy atom. The quantitative estimate of drug-likeness (QED) is 0.395. The van der Waals surface area contributed by atoms with Crippen molar-refractivity contribution in [3.8, 4) is 0 Å². The maximum atomic E-state index is 11.0. The molecule has 0 radical (unpaired) electrons. The van der Waals surface area contributed by atoms with Gasteiger partial charge in [-0.2, -0.15) is 11.8 Å². The number of carbonyl (C=O) groups is 1. The first kappa shape index (κ1) is 14.5. The third kappa shape index (κ3) is 8.51. The summed E-state index contributed by atoms with van der Waals surface area (Å²) in [5.41, 5.74) is 0.362. The van der Waals surface area contributed by atoms with Crippen LogP contribution in [-0.4, -0.2) is 35.3 Å². The molecule has 1 atom stereocenters. The largest absolute Gasteiger partial charge is 0.460 e. The van der Waals surface area contributed by atoms with Crippen molar-refractivity contribution in [3.05, 3.63) is 12.2 Å². The first-order valence-corrected chi connectivity index (χ1v) is 6.31. The Bertz CT molecular complexity index is 204. The molecule has 1 N–H and O–H groups in total. The van der Waals surface area contributed by atoms with Gasteiger partial charge in [-0.1, -0.05) is 19.9 Å². The minimum absolute atomic E-state index is 0.0603. The molecule has 0 heterocycles. The second-order valence-corrected chi connectivity index (χ2v) is 4.61. The third-order valence-corrected chi connectivity index (χ3v) is 2.91. The molecule has 3 nitrogen and oxygen atoms in total. The number of esters is 1. The molecule has 88 valence electrons. The van der Waals surface area contributed by atoms with Gasteiger partial charge in [-0.3, -0.25) is 0 Å². The van der Waals surface area contributed by atoms with Gasteiger partial charge in [0.2, 0.25) is 0 Å². The Kier molecular flexibility index (Phi) is 8.52. The lowest BCUT2D eigenvalue weighted by Gasteiger charge is -2.10. The Balaban J connectivity index is 3.44. The zero-order chi connectivity index (χ0) is 11.7. The summed E-state index contributed by atoms with van der Waals surface area (Å²) in [6.07, 6.45) is 1.74. The molecule has 0 aromatic carbocycles. The molecule has 0 saturated heterocycles. The van der Waals surface area contributed by atoms with Crippen molar-refractivity contribution in [1.29, 1.82) is 0 Å². The van der Waals surface area contributed by atoms with Crippen LogP contribution in [0.4, 0.5) is 0 Å². The van der Waals surface area contributed by atoms with E-state index in [9.17, 15) is 9.90 Å². The molecule has 0 bridgehead atoms. The number of ether oxygens (including phenoxy) is 1. The molecule has 0 rings (SSSR count). The molecule has 0 fully saturated rings. The normalized spacial score (nSPS) is 12.2. The van der Waals surface area contributed by atoms with E-state index in [0.29, 0.717) is 11.3 Å². The Hall–Kier alpha value is -0.480. The fourth-order valence-corrected chi connectivity index (χ4v) is 1.84. The summed E-state index contributed by atoms with van der Waals surface area (Å²) in [6.45, 7) is 7.24. The topological polar surface area (TPSA) is 46.5 Å². The smallest absolute Gasteiger partial charge is 0.333 e. The van der Waals surface area contributed by atoms with E-state index in [2.05, 4.69) is 13.5 Å². The van der Waals surface area contributed by atoms with E-state index in [1.165, 1.54) is 0 Å². The molecule has 0 amide bonds. The van der Waals surface area contributed by atoms with E-state index >= 15 is 0 Å².